The van der Waals surface area contributed by atoms with E-state index in [1.807, 2.05) is 5.32 Å². The van der Waals surface area contributed by atoms with Gasteiger partial charge in [-0.15, -0.1) is 0 Å². The van der Waals surface area contributed by atoms with Crippen LogP contribution in [-0.2, 0) is 23.9 Å². The number of carbonyl (C=O) groups excluding carboxylic acids is 3. The van der Waals surface area contributed by atoms with Crippen LogP contribution in [0.2, 0.25) is 0 Å². The van der Waals surface area contributed by atoms with E-state index in [9.17, 15) is 27.6 Å². The fourth-order valence-electron chi connectivity index (χ4n) is 3.31. The van der Waals surface area contributed by atoms with E-state index in [4.69, 9.17) is 9.57 Å². The molecule has 0 saturated carbocycles. The van der Waals surface area contributed by atoms with E-state index in [2.05, 4.69) is 4.74 Å². The average molecular weight is 460 g/mol. The molecule has 32 heavy (non-hydrogen) atoms. The summed E-state index contributed by atoms with van der Waals surface area (Å²) in [6.07, 6.45) is -4.77. The van der Waals surface area contributed by atoms with Crippen LogP contribution in [0.15, 0.2) is 18.2 Å². The lowest BCUT2D eigenvalue weighted by Crippen LogP contribution is -2.37. The van der Waals surface area contributed by atoms with Crippen LogP contribution in [0.1, 0.15) is 0 Å². The molecule has 2 aliphatic rings. The predicted octanol–water partition coefficient (Wildman–Crippen LogP) is 0.759. The van der Waals surface area contributed by atoms with Crippen LogP contribution < -0.4 is 15.1 Å². The number of amides is 2. The number of esters is 1. The largest absolute Gasteiger partial charge is 0.468 e. The summed E-state index contributed by atoms with van der Waals surface area (Å²) in [6.45, 7) is 1.02. The lowest BCUT2D eigenvalue weighted by atomic mass is 10.2. The molecule has 13 heteroatoms. The van der Waals surface area contributed by atoms with E-state index in [0.29, 0.717) is 25.3 Å². The Balaban J connectivity index is 1.61. The summed E-state index contributed by atoms with van der Waals surface area (Å²) >= 11 is 0. The first-order valence-corrected chi connectivity index (χ1v) is 9.81. The van der Waals surface area contributed by atoms with E-state index < -0.39 is 36.3 Å². The Labute approximate surface area is 181 Å². The number of halogens is 3. The molecule has 1 unspecified atom stereocenters. The molecule has 0 aromatic heterocycles. The molecule has 1 atom stereocenters. The van der Waals surface area contributed by atoms with E-state index in [0.717, 1.165) is 4.90 Å². The third kappa shape index (κ3) is 5.79. The van der Waals surface area contributed by atoms with Crippen molar-refractivity contribution in [2.24, 2.45) is 0 Å². The Bertz CT molecular complexity index is 858. The first-order chi connectivity index (χ1) is 15.3. The van der Waals surface area contributed by atoms with E-state index in [-0.39, 0.29) is 31.9 Å². The first-order valence-electron chi connectivity index (χ1n) is 9.81. The zero-order chi connectivity index (χ0) is 23.3. The van der Waals surface area contributed by atoms with Gasteiger partial charge in [-0.05, 0) is 18.2 Å². The van der Waals surface area contributed by atoms with Crippen LogP contribution in [0.3, 0.4) is 0 Å². The van der Waals surface area contributed by atoms with E-state index in [1.54, 1.807) is 4.90 Å². The third-order valence-electron chi connectivity index (χ3n) is 4.95. The van der Waals surface area contributed by atoms with Crippen LogP contribution in [0.5, 0.6) is 0 Å². The standard InChI is InChI=1S/C19H23F3N4O6/c1-30-16(27)11-25-5-4-24(6-7-31-25)15-3-2-12(8-14(15)20)26-10-13(32-19(26)29)9-23-18(28)17(21)22/h2-3,8,13,17H,4-7,9-11H2,1H3,(H,23,28). The van der Waals surface area contributed by atoms with Crippen LogP contribution >= 0.6 is 0 Å². The minimum atomic E-state index is -3.17. The molecule has 1 N–H and O–H groups in total. The molecule has 2 fully saturated rings. The maximum absolute atomic E-state index is 14.9. The maximum atomic E-state index is 14.9. The molecular weight excluding hydrogens is 437 g/mol. The number of hydroxylamine groups is 2. The highest BCUT2D eigenvalue weighted by Gasteiger charge is 2.33. The molecule has 0 spiro atoms. The van der Waals surface area contributed by atoms with Crippen LogP contribution in [-0.4, -0.2) is 88.5 Å². The molecular formula is C19H23F3N4O6. The number of cyclic esters (lactones) is 1. The van der Waals surface area contributed by atoms with Gasteiger partial charge in [-0.25, -0.2) is 9.18 Å². The van der Waals surface area contributed by atoms with Crippen molar-refractivity contribution < 1.29 is 41.9 Å². The minimum Gasteiger partial charge on any atom is -0.468 e. The number of carbonyl (C=O) groups is 3. The monoisotopic (exact) mass is 460 g/mol. The Morgan fingerprint density at radius 1 is 1.28 bits per heavy atom. The number of ether oxygens (including phenoxy) is 2. The second-order valence-corrected chi connectivity index (χ2v) is 7.06. The van der Waals surface area contributed by atoms with Gasteiger partial charge in [-0.1, -0.05) is 0 Å². The molecule has 2 heterocycles. The molecule has 0 aliphatic carbocycles. The topological polar surface area (TPSA) is 101 Å². The average Bonchev–Trinajstić information content (AvgIpc) is 2.98. The summed E-state index contributed by atoms with van der Waals surface area (Å²) < 4.78 is 49.1. The van der Waals surface area contributed by atoms with Gasteiger partial charge in [-0.3, -0.25) is 19.3 Å². The summed E-state index contributed by atoms with van der Waals surface area (Å²) in [5, 5.41) is 3.44. The Morgan fingerprint density at radius 3 is 2.75 bits per heavy atom. The second-order valence-electron chi connectivity index (χ2n) is 7.06. The number of hydrogen-bond acceptors (Lipinski definition) is 8. The highest BCUT2D eigenvalue weighted by Crippen LogP contribution is 2.28. The number of hydrogen-bond donors (Lipinski definition) is 1. The predicted molar refractivity (Wildman–Crippen MR) is 105 cm³/mol. The molecule has 0 bridgehead atoms. The number of nitrogens with one attached hydrogen (secondary N) is 1. The number of benzene rings is 1. The number of rotatable bonds is 7. The Morgan fingerprint density at radius 2 is 2.06 bits per heavy atom. The maximum Gasteiger partial charge on any atom is 0.414 e. The normalized spacial score (nSPS) is 19.7. The van der Waals surface area contributed by atoms with Gasteiger partial charge in [-0.2, -0.15) is 13.8 Å². The van der Waals surface area contributed by atoms with E-state index in [1.165, 1.54) is 30.4 Å². The van der Waals surface area contributed by atoms with Gasteiger partial charge in [0.1, 0.15) is 18.5 Å². The summed E-state index contributed by atoms with van der Waals surface area (Å²) in [5.74, 6) is -2.48. The summed E-state index contributed by atoms with van der Waals surface area (Å²) in [4.78, 5) is 42.9. The van der Waals surface area contributed by atoms with Gasteiger partial charge in [0.05, 0.1) is 38.2 Å². The number of anilines is 2. The van der Waals surface area contributed by atoms with Crippen LogP contribution in [0, 0.1) is 5.82 Å². The summed E-state index contributed by atoms with van der Waals surface area (Å²) in [5.41, 5.74) is 0.530. The fraction of sp³-hybridized carbons (Fsp3) is 0.526. The molecule has 0 radical (unpaired) electrons. The minimum absolute atomic E-state index is 0.0266. The molecule has 176 valence electrons. The van der Waals surface area contributed by atoms with E-state index >= 15 is 0 Å². The molecule has 2 amide bonds. The molecule has 2 aliphatic heterocycles. The molecule has 3 rings (SSSR count). The van der Waals surface area contributed by atoms with Crippen molar-refractivity contribution >= 4 is 29.3 Å². The third-order valence-corrected chi connectivity index (χ3v) is 4.95. The van der Waals surface area contributed by atoms with Crippen molar-refractivity contribution in [1.29, 1.82) is 0 Å². The summed E-state index contributed by atoms with van der Waals surface area (Å²) in [7, 11) is 1.28. The van der Waals surface area contributed by atoms with Crippen molar-refractivity contribution in [3.8, 4) is 0 Å². The quantitative estimate of drug-likeness (QED) is 0.596. The smallest absolute Gasteiger partial charge is 0.414 e. The van der Waals surface area contributed by atoms with Crippen LogP contribution in [0.25, 0.3) is 0 Å². The van der Waals surface area contributed by atoms with Gasteiger partial charge < -0.3 is 19.7 Å². The lowest BCUT2D eigenvalue weighted by molar-refractivity contribution is -0.172. The highest BCUT2D eigenvalue weighted by atomic mass is 19.3. The molecule has 2 saturated heterocycles. The first kappa shape index (κ1) is 23.6. The van der Waals surface area contributed by atoms with Gasteiger partial charge >= 0.3 is 18.5 Å². The second kappa shape index (κ2) is 10.5. The van der Waals surface area contributed by atoms with Crippen molar-refractivity contribution in [1.82, 2.24) is 10.4 Å². The number of alkyl halides is 2. The van der Waals surface area contributed by atoms with Crippen LogP contribution in [0.4, 0.5) is 29.3 Å². The molecule has 10 nitrogen and oxygen atoms in total. The van der Waals surface area contributed by atoms with Crippen molar-refractivity contribution in [2.75, 3.05) is 62.8 Å². The molecule has 1 aromatic carbocycles. The van der Waals surface area contributed by atoms with Crippen molar-refractivity contribution in [3.05, 3.63) is 24.0 Å². The Hall–Kier alpha value is -3.06. The fourth-order valence-corrected chi connectivity index (χ4v) is 3.31. The van der Waals surface area contributed by atoms with Crippen molar-refractivity contribution in [2.45, 2.75) is 12.5 Å². The zero-order valence-electron chi connectivity index (χ0n) is 17.3. The highest BCUT2D eigenvalue weighted by molar-refractivity contribution is 5.90. The van der Waals surface area contributed by atoms with Crippen molar-refractivity contribution in [3.63, 3.8) is 0 Å². The molecule has 1 aromatic rings. The number of methoxy groups -OCH3 is 1. The van der Waals surface area contributed by atoms with Gasteiger partial charge in [0, 0.05) is 19.6 Å². The zero-order valence-corrected chi connectivity index (χ0v) is 17.3. The van der Waals surface area contributed by atoms with Gasteiger partial charge in [0.2, 0.25) is 0 Å². The van der Waals surface area contributed by atoms with Gasteiger partial charge in [0.25, 0.3) is 5.91 Å². The Kier molecular flexibility index (Phi) is 7.75. The number of nitrogens with zero attached hydrogens (tertiary/aromatic N) is 3. The lowest BCUT2D eigenvalue weighted by Gasteiger charge is -2.23. The summed E-state index contributed by atoms with van der Waals surface area (Å²) in [6, 6.07) is 4.23. The van der Waals surface area contributed by atoms with Gasteiger partial charge in [0.15, 0.2) is 0 Å². The SMILES string of the molecule is COC(=O)CN1CCN(c2ccc(N3CC(CNC(=O)C(F)F)OC3=O)cc2F)CCO1.